The van der Waals surface area contributed by atoms with E-state index in [2.05, 4.69) is 9.68 Å². The zero-order valence-electron chi connectivity index (χ0n) is 4.10. The first-order valence-corrected chi connectivity index (χ1v) is 2.09. The molecule has 0 aromatic carbocycles. The molecule has 0 fully saturated rings. The minimum absolute atomic E-state index is 0.102. The molecule has 0 aliphatic carbocycles. The molecule has 8 heavy (non-hydrogen) atoms. The largest absolute Gasteiger partial charge is 0.394 e. The molecule has 3 nitrogen and oxygen atoms in total. The molecule has 0 saturated heterocycles. The van der Waals surface area contributed by atoms with Gasteiger partial charge in [-0.3, -0.25) is 0 Å². The quantitative estimate of drug-likeness (QED) is 0.588. The number of aromatic nitrogens is 1. The second kappa shape index (κ2) is 1.81. The summed E-state index contributed by atoms with van der Waals surface area (Å²) in [6.07, 6.45) is 1.27. The number of alkyl halides is 1. The molecule has 0 spiro atoms. The average Bonchev–Trinajstić information content (AvgIpc) is 2.14. The fraction of sp³-hybridized carbons (Fsp3) is 0.250. The molecule has 1 rings (SSSR count). The lowest BCUT2D eigenvalue weighted by atomic mass is 10.4. The lowest BCUT2D eigenvalue weighted by molar-refractivity contribution is 0.331. The topological polar surface area (TPSA) is 52.0 Å². The average molecular weight is 116 g/mol. The van der Waals surface area contributed by atoms with E-state index in [9.17, 15) is 4.39 Å². The van der Waals surface area contributed by atoms with Crippen molar-refractivity contribution in [1.29, 1.82) is 0 Å². The van der Waals surface area contributed by atoms with E-state index in [1.807, 2.05) is 0 Å². The third-order valence-electron chi connectivity index (χ3n) is 0.798. The molecule has 1 heterocycles. The molecule has 4 heteroatoms. The van der Waals surface area contributed by atoms with E-state index in [0.717, 1.165) is 0 Å². The van der Waals surface area contributed by atoms with Crippen LogP contribution in [0.3, 0.4) is 0 Å². The lowest BCUT2D eigenvalue weighted by Crippen LogP contribution is -1.84. The van der Waals surface area contributed by atoms with Crippen molar-refractivity contribution < 1.29 is 8.91 Å². The van der Waals surface area contributed by atoms with Crippen LogP contribution in [0.5, 0.6) is 0 Å². The Kier molecular flexibility index (Phi) is 1.15. The number of rotatable bonds is 1. The standard InChI is InChI=1S/C4H5FN2O/c5-1-4-3(6)2-7-8-4/h2H,1,6H2. The molecule has 1 aromatic rings. The van der Waals surface area contributed by atoms with Gasteiger partial charge in [0.05, 0.1) is 11.9 Å². The van der Waals surface area contributed by atoms with Crippen molar-refractivity contribution in [2.45, 2.75) is 6.67 Å². The Balaban J connectivity index is 2.92. The summed E-state index contributed by atoms with van der Waals surface area (Å²) in [5, 5.41) is 3.25. The van der Waals surface area contributed by atoms with Crippen molar-refractivity contribution in [2.75, 3.05) is 5.73 Å². The Hall–Kier alpha value is -1.06. The van der Waals surface area contributed by atoms with Gasteiger partial charge in [-0.15, -0.1) is 0 Å². The van der Waals surface area contributed by atoms with E-state index < -0.39 is 6.67 Å². The zero-order valence-corrected chi connectivity index (χ0v) is 4.10. The van der Waals surface area contributed by atoms with Crippen LogP contribution in [0.15, 0.2) is 10.7 Å². The summed E-state index contributed by atoms with van der Waals surface area (Å²) < 4.78 is 16.0. The highest BCUT2D eigenvalue weighted by Crippen LogP contribution is 2.09. The normalized spacial score (nSPS) is 9.62. The Labute approximate surface area is 45.3 Å². The van der Waals surface area contributed by atoms with Gasteiger partial charge in [-0.05, 0) is 0 Å². The fourth-order valence-corrected chi connectivity index (χ4v) is 0.373. The van der Waals surface area contributed by atoms with Crippen molar-refractivity contribution in [1.82, 2.24) is 5.16 Å². The number of nitrogen functional groups attached to an aromatic ring is 1. The van der Waals surface area contributed by atoms with Crippen LogP contribution in [0.2, 0.25) is 0 Å². The Morgan fingerprint density at radius 1 is 1.88 bits per heavy atom. The highest BCUT2D eigenvalue weighted by molar-refractivity contribution is 5.37. The molecule has 1 aromatic heterocycles. The zero-order chi connectivity index (χ0) is 5.98. The first-order chi connectivity index (χ1) is 3.84. The van der Waals surface area contributed by atoms with Gasteiger partial charge in [-0.1, -0.05) is 5.16 Å². The molecule has 0 unspecified atom stereocenters. The van der Waals surface area contributed by atoms with Crippen LogP contribution in [-0.2, 0) is 6.67 Å². The van der Waals surface area contributed by atoms with Crippen LogP contribution in [0.4, 0.5) is 10.1 Å². The minimum atomic E-state index is -0.689. The van der Waals surface area contributed by atoms with Gasteiger partial charge in [0.15, 0.2) is 12.4 Å². The maximum Gasteiger partial charge on any atom is 0.190 e. The monoisotopic (exact) mass is 116 g/mol. The number of halogens is 1. The number of nitrogens with two attached hydrogens (primary N) is 1. The van der Waals surface area contributed by atoms with E-state index in [1.54, 1.807) is 0 Å². The SMILES string of the molecule is Nc1cnoc1CF. The lowest BCUT2D eigenvalue weighted by Gasteiger charge is -1.81. The van der Waals surface area contributed by atoms with Crippen molar-refractivity contribution >= 4 is 5.69 Å². The fourth-order valence-electron chi connectivity index (χ4n) is 0.373. The van der Waals surface area contributed by atoms with Gasteiger partial charge in [0.1, 0.15) is 0 Å². The van der Waals surface area contributed by atoms with Gasteiger partial charge in [-0.25, -0.2) is 4.39 Å². The highest BCUT2D eigenvalue weighted by atomic mass is 19.1. The maximum atomic E-state index is 11.6. The van der Waals surface area contributed by atoms with E-state index in [0.29, 0.717) is 0 Å². The van der Waals surface area contributed by atoms with E-state index in [4.69, 9.17) is 5.73 Å². The molecule has 2 N–H and O–H groups in total. The summed E-state index contributed by atoms with van der Waals surface area (Å²) in [7, 11) is 0. The van der Waals surface area contributed by atoms with Crippen LogP contribution in [0.25, 0.3) is 0 Å². The highest BCUT2D eigenvalue weighted by Gasteiger charge is 2.00. The van der Waals surface area contributed by atoms with Crippen molar-refractivity contribution in [2.24, 2.45) is 0 Å². The van der Waals surface area contributed by atoms with Gasteiger partial charge >= 0.3 is 0 Å². The molecular formula is C4H5FN2O. The van der Waals surface area contributed by atoms with Crippen molar-refractivity contribution in [3.05, 3.63) is 12.0 Å². The summed E-state index contributed by atoms with van der Waals surface area (Å²) in [6, 6.07) is 0. The van der Waals surface area contributed by atoms with Gasteiger partial charge in [-0.2, -0.15) is 0 Å². The molecule has 0 aliphatic rings. The molecule has 0 bridgehead atoms. The van der Waals surface area contributed by atoms with Crippen molar-refractivity contribution in [3.63, 3.8) is 0 Å². The number of nitrogens with zero attached hydrogens (tertiary/aromatic N) is 1. The predicted octanol–water partition coefficient (Wildman–Crippen LogP) is 0.726. The van der Waals surface area contributed by atoms with Crippen molar-refractivity contribution in [3.8, 4) is 0 Å². The summed E-state index contributed by atoms with van der Waals surface area (Å²) in [5.41, 5.74) is 5.43. The summed E-state index contributed by atoms with van der Waals surface area (Å²) >= 11 is 0. The predicted molar refractivity (Wildman–Crippen MR) is 25.7 cm³/mol. The Morgan fingerprint density at radius 3 is 2.88 bits per heavy atom. The first-order valence-electron chi connectivity index (χ1n) is 2.09. The Morgan fingerprint density at radius 2 is 2.62 bits per heavy atom. The third kappa shape index (κ3) is 0.641. The molecule has 0 atom stereocenters. The van der Waals surface area contributed by atoms with E-state index >= 15 is 0 Å². The van der Waals surface area contributed by atoms with Gasteiger partial charge in [0, 0.05) is 0 Å². The van der Waals surface area contributed by atoms with E-state index in [1.165, 1.54) is 6.20 Å². The molecule has 0 amide bonds. The van der Waals surface area contributed by atoms with Crippen LogP contribution < -0.4 is 5.73 Å². The van der Waals surface area contributed by atoms with Gasteiger partial charge < -0.3 is 10.3 Å². The number of hydrogen-bond acceptors (Lipinski definition) is 3. The Bertz CT molecular complexity index is 174. The third-order valence-corrected chi connectivity index (χ3v) is 0.798. The molecule has 0 saturated carbocycles. The van der Waals surface area contributed by atoms with Crippen LogP contribution in [-0.4, -0.2) is 5.16 Å². The maximum absolute atomic E-state index is 11.6. The second-order valence-electron chi connectivity index (χ2n) is 1.34. The van der Waals surface area contributed by atoms with Crippen LogP contribution in [0.1, 0.15) is 5.76 Å². The smallest absolute Gasteiger partial charge is 0.190 e. The molecule has 0 aliphatic heterocycles. The number of hydrogen-bond donors (Lipinski definition) is 1. The van der Waals surface area contributed by atoms with Gasteiger partial charge in [0.2, 0.25) is 0 Å². The van der Waals surface area contributed by atoms with Crippen LogP contribution in [0, 0.1) is 0 Å². The van der Waals surface area contributed by atoms with Crippen LogP contribution >= 0.6 is 0 Å². The molecule has 44 valence electrons. The summed E-state index contributed by atoms with van der Waals surface area (Å²) in [5.74, 6) is 0.102. The summed E-state index contributed by atoms with van der Waals surface area (Å²) in [4.78, 5) is 0. The van der Waals surface area contributed by atoms with Gasteiger partial charge in [0.25, 0.3) is 0 Å². The molecule has 0 radical (unpaired) electrons. The minimum Gasteiger partial charge on any atom is -0.394 e. The number of anilines is 1. The second-order valence-corrected chi connectivity index (χ2v) is 1.34. The summed E-state index contributed by atoms with van der Waals surface area (Å²) in [6.45, 7) is -0.689. The molecular weight excluding hydrogens is 111 g/mol. The first kappa shape index (κ1) is 5.08. The van der Waals surface area contributed by atoms with E-state index in [-0.39, 0.29) is 11.4 Å².